The standard InChI is InChI=1S/C18H13N3O4S/c1-23-12-6-7-14-16(10-12)26-18(20-14)21(17(22)15-5-3-9-25-15)19-11-13-4-2-8-24-13/h2-11H,1H3/b19-11+. The number of fused-ring (bicyclic) bond motifs is 1. The van der Waals surface area contributed by atoms with E-state index in [1.165, 1.54) is 35.1 Å². The lowest BCUT2D eigenvalue weighted by molar-refractivity contribution is 0.0961. The van der Waals surface area contributed by atoms with E-state index in [9.17, 15) is 4.79 Å². The molecule has 0 radical (unpaired) electrons. The van der Waals surface area contributed by atoms with E-state index in [4.69, 9.17) is 13.6 Å². The molecule has 0 fully saturated rings. The highest BCUT2D eigenvalue weighted by atomic mass is 32.1. The SMILES string of the molecule is COc1ccc2nc(N(/N=C/c3ccco3)C(=O)c3ccco3)sc2c1. The number of amides is 1. The molecular weight excluding hydrogens is 354 g/mol. The number of thiazole rings is 1. The van der Waals surface area contributed by atoms with Gasteiger partial charge in [0.05, 0.1) is 36.1 Å². The molecule has 0 N–H and O–H groups in total. The fourth-order valence-corrected chi connectivity index (χ4v) is 3.23. The molecule has 0 bridgehead atoms. The van der Waals surface area contributed by atoms with Crippen LogP contribution in [0.25, 0.3) is 10.2 Å². The Morgan fingerprint density at radius 2 is 2.08 bits per heavy atom. The molecule has 0 saturated carbocycles. The Morgan fingerprint density at radius 1 is 1.23 bits per heavy atom. The Bertz CT molecular complexity index is 1050. The molecule has 0 aliphatic rings. The summed E-state index contributed by atoms with van der Waals surface area (Å²) in [5.74, 6) is 0.975. The number of hydrogen-bond acceptors (Lipinski definition) is 7. The van der Waals surface area contributed by atoms with Crippen LogP contribution in [0.2, 0.25) is 0 Å². The number of furan rings is 2. The molecule has 7 nitrogen and oxygen atoms in total. The summed E-state index contributed by atoms with van der Waals surface area (Å²) in [7, 11) is 1.60. The first-order valence-corrected chi connectivity index (χ1v) is 8.46. The Balaban J connectivity index is 1.75. The monoisotopic (exact) mass is 367 g/mol. The number of methoxy groups -OCH3 is 1. The zero-order valence-corrected chi connectivity index (χ0v) is 14.5. The Morgan fingerprint density at radius 3 is 2.81 bits per heavy atom. The van der Waals surface area contributed by atoms with Crippen molar-refractivity contribution in [2.24, 2.45) is 5.10 Å². The van der Waals surface area contributed by atoms with Crippen molar-refractivity contribution >= 4 is 38.8 Å². The molecule has 3 aromatic heterocycles. The first kappa shape index (κ1) is 16.1. The fourth-order valence-electron chi connectivity index (χ4n) is 2.28. The van der Waals surface area contributed by atoms with Crippen LogP contribution >= 0.6 is 11.3 Å². The third kappa shape index (κ3) is 3.09. The minimum atomic E-state index is -0.427. The maximum absolute atomic E-state index is 12.8. The number of anilines is 1. The van der Waals surface area contributed by atoms with Crippen molar-refractivity contribution in [1.82, 2.24) is 4.98 Å². The summed E-state index contributed by atoms with van der Waals surface area (Å²) in [6, 6.07) is 12.2. The summed E-state index contributed by atoms with van der Waals surface area (Å²) in [6.07, 6.45) is 4.42. The third-order valence-corrected chi connectivity index (χ3v) is 4.53. The van der Waals surface area contributed by atoms with Crippen molar-refractivity contribution in [3.63, 3.8) is 0 Å². The highest BCUT2D eigenvalue weighted by Gasteiger charge is 2.23. The van der Waals surface area contributed by atoms with Crippen molar-refractivity contribution in [2.75, 3.05) is 12.1 Å². The van der Waals surface area contributed by atoms with Gasteiger partial charge in [0.15, 0.2) is 5.76 Å². The van der Waals surface area contributed by atoms with E-state index in [1.807, 2.05) is 18.2 Å². The molecule has 0 unspecified atom stereocenters. The zero-order valence-electron chi connectivity index (χ0n) is 13.7. The number of carbonyl (C=O) groups excluding carboxylic acids is 1. The number of hydrogen-bond donors (Lipinski definition) is 0. The third-order valence-electron chi connectivity index (χ3n) is 3.53. The van der Waals surface area contributed by atoms with Gasteiger partial charge in [0, 0.05) is 0 Å². The second-order valence-electron chi connectivity index (χ2n) is 5.18. The van der Waals surface area contributed by atoms with Crippen LogP contribution in [0.1, 0.15) is 16.3 Å². The topological polar surface area (TPSA) is 81.1 Å². The van der Waals surface area contributed by atoms with Crippen LogP contribution in [0.3, 0.4) is 0 Å². The molecule has 3 heterocycles. The summed E-state index contributed by atoms with van der Waals surface area (Å²) < 4.78 is 16.6. The van der Waals surface area contributed by atoms with E-state index in [-0.39, 0.29) is 5.76 Å². The summed E-state index contributed by atoms with van der Waals surface area (Å²) in [6.45, 7) is 0. The Hall–Kier alpha value is -3.39. The van der Waals surface area contributed by atoms with E-state index >= 15 is 0 Å². The maximum Gasteiger partial charge on any atom is 0.316 e. The number of aromatic nitrogens is 1. The Kier molecular flexibility index (Phi) is 4.24. The van der Waals surface area contributed by atoms with Gasteiger partial charge in [-0.1, -0.05) is 11.3 Å². The van der Waals surface area contributed by atoms with Crippen LogP contribution in [0, 0.1) is 0 Å². The van der Waals surface area contributed by atoms with Gasteiger partial charge in [-0.3, -0.25) is 4.79 Å². The number of ether oxygens (including phenoxy) is 1. The second kappa shape index (κ2) is 6.85. The van der Waals surface area contributed by atoms with E-state index in [0.717, 1.165) is 16.0 Å². The molecule has 0 atom stereocenters. The molecular formula is C18H13N3O4S. The van der Waals surface area contributed by atoms with Crippen molar-refractivity contribution in [3.05, 3.63) is 66.5 Å². The van der Waals surface area contributed by atoms with E-state index in [1.54, 1.807) is 31.4 Å². The molecule has 4 rings (SSSR count). The van der Waals surface area contributed by atoms with Gasteiger partial charge in [0.2, 0.25) is 5.13 Å². The first-order valence-electron chi connectivity index (χ1n) is 7.64. The Labute approximate surface area is 152 Å². The predicted octanol–water partition coefficient (Wildman–Crippen LogP) is 4.17. The number of benzene rings is 1. The maximum atomic E-state index is 12.8. The van der Waals surface area contributed by atoms with Gasteiger partial charge in [0.1, 0.15) is 11.5 Å². The van der Waals surface area contributed by atoms with Crippen molar-refractivity contribution in [2.45, 2.75) is 0 Å². The molecule has 0 spiro atoms. The summed E-state index contributed by atoms with van der Waals surface area (Å²) in [5.41, 5.74) is 0.747. The number of carbonyl (C=O) groups is 1. The largest absolute Gasteiger partial charge is 0.497 e. The average molecular weight is 367 g/mol. The number of nitrogens with zero attached hydrogens (tertiary/aromatic N) is 3. The van der Waals surface area contributed by atoms with Gasteiger partial charge in [-0.2, -0.15) is 10.1 Å². The van der Waals surface area contributed by atoms with Crippen molar-refractivity contribution in [1.29, 1.82) is 0 Å². The quantitative estimate of drug-likeness (QED) is 0.391. The van der Waals surface area contributed by atoms with Gasteiger partial charge in [-0.25, -0.2) is 4.98 Å². The minimum absolute atomic E-state index is 0.165. The molecule has 1 amide bonds. The highest BCUT2D eigenvalue weighted by Crippen LogP contribution is 2.32. The molecule has 130 valence electrons. The lowest BCUT2D eigenvalue weighted by Gasteiger charge is -2.11. The number of hydrazone groups is 1. The lowest BCUT2D eigenvalue weighted by atomic mass is 10.3. The minimum Gasteiger partial charge on any atom is -0.497 e. The smallest absolute Gasteiger partial charge is 0.316 e. The molecule has 0 aliphatic heterocycles. The molecule has 0 aliphatic carbocycles. The van der Waals surface area contributed by atoms with Gasteiger partial charge in [-0.15, -0.1) is 0 Å². The van der Waals surface area contributed by atoms with E-state index in [0.29, 0.717) is 10.9 Å². The normalized spacial score (nSPS) is 11.3. The molecule has 1 aromatic carbocycles. The number of rotatable bonds is 5. The van der Waals surface area contributed by atoms with Crippen LogP contribution in [0.4, 0.5) is 5.13 Å². The summed E-state index contributed by atoms with van der Waals surface area (Å²) in [4.78, 5) is 17.3. The van der Waals surface area contributed by atoms with E-state index < -0.39 is 5.91 Å². The van der Waals surface area contributed by atoms with Crippen molar-refractivity contribution < 1.29 is 18.4 Å². The highest BCUT2D eigenvalue weighted by molar-refractivity contribution is 7.22. The zero-order chi connectivity index (χ0) is 17.9. The summed E-state index contributed by atoms with van der Waals surface area (Å²) >= 11 is 1.33. The molecule has 0 saturated heterocycles. The first-order chi connectivity index (χ1) is 12.7. The molecule has 8 heteroatoms. The summed E-state index contributed by atoms with van der Waals surface area (Å²) in [5, 5.41) is 5.86. The van der Waals surface area contributed by atoms with Gasteiger partial charge in [0.25, 0.3) is 0 Å². The van der Waals surface area contributed by atoms with Crippen LogP contribution in [0.5, 0.6) is 5.75 Å². The molecule has 26 heavy (non-hydrogen) atoms. The predicted molar refractivity (Wildman–Crippen MR) is 98.0 cm³/mol. The van der Waals surface area contributed by atoms with Crippen LogP contribution in [-0.4, -0.2) is 24.2 Å². The van der Waals surface area contributed by atoms with Gasteiger partial charge in [-0.05, 0) is 42.5 Å². The molecule has 4 aromatic rings. The second-order valence-corrected chi connectivity index (χ2v) is 6.19. The van der Waals surface area contributed by atoms with Gasteiger partial charge < -0.3 is 13.6 Å². The average Bonchev–Trinajstić information content (AvgIpc) is 3.41. The fraction of sp³-hybridized carbons (Fsp3) is 0.0556. The van der Waals surface area contributed by atoms with Crippen LogP contribution in [0.15, 0.2) is 68.9 Å². The van der Waals surface area contributed by atoms with Gasteiger partial charge >= 0.3 is 5.91 Å². The van der Waals surface area contributed by atoms with Crippen LogP contribution in [-0.2, 0) is 0 Å². The lowest BCUT2D eigenvalue weighted by Crippen LogP contribution is -2.25. The van der Waals surface area contributed by atoms with E-state index in [2.05, 4.69) is 10.1 Å². The van der Waals surface area contributed by atoms with Crippen molar-refractivity contribution in [3.8, 4) is 5.75 Å². The van der Waals surface area contributed by atoms with Crippen LogP contribution < -0.4 is 9.75 Å².